The number of ether oxygens (including phenoxy) is 3. The van der Waals surface area contributed by atoms with Crippen molar-refractivity contribution >= 4 is 33.4 Å². The van der Waals surface area contributed by atoms with Crippen LogP contribution in [0.5, 0.6) is 11.5 Å². The van der Waals surface area contributed by atoms with Crippen molar-refractivity contribution < 1.29 is 23.8 Å². The molecule has 0 spiro atoms. The number of nitrogens with zero attached hydrogens (tertiary/aromatic N) is 2. The summed E-state index contributed by atoms with van der Waals surface area (Å²) in [5.74, 6) is 0.220. The van der Waals surface area contributed by atoms with E-state index in [2.05, 4.69) is 4.99 Å². The maximum atomic E-state index is 12.9. The van der Waals surface area contributed by atoms with E-state index in [1.54, 1.807) is 25.3 Å². The molecule has 8 heteroatoms. The number of carbonyl (C=O) groups is 2. The molecular formula is C21H22N2O5S. The monoisotopic (exact) mass is 414 g/mol. The Hall–Kier alpha value is -3.13. The Morgan fingerprint density at radius 2 is 1.86 bits per heavy atom. The number of methoxy groups -OCH3 is 3. The summed E-state index contributed by atoms with van der Waals surface area (Å²) in [6.07, 6.45) is 0.184. The molecule has 0 N–H and O–H groups in total. The first-order valence-electron chi connectivity index (χ1n) is 8.94. The van der Waals surface area contributed by atoms with Crippen molar-refractivity contribution in [3.63, 3.8) is 0 Å². The standard InChI is InChI=1S/C21H22N2O5S/c1-13-5-8-16-18(11-13)29-21(23(16)10-9-19(24)28-4)22-20(25)15-7-6-14(26-2)12-17(15)27-3/h5-8,11-12H,9-10H2,1-4H3. The largest absolute Gasteiger partial charge is 0.497 e. The summed E-state index contributed by atoms with van der Waals surface area (Å²) in [6, 6.07) is 10.9. The lowest BCUT2D eigenvalue weighted by Gasteiger charge is -2.08. The molecule has 0 unspecified atom stereocenters. The summed E-state index contributed by atoms with van der Waals surface area (Å²) in [7, 11) is 4.39. The van der Waals surface area contributed by atoms with E-state index in [0.29, 0.717) is 28.4 Å². The van der Waals surface area contributed by atoms with Crippen LogP contribution in [0.4, 0.5) is 0 Å². The summed E-state index contributed by atoms with van der Waals surface area (Å²) >= 11 is 1.40. The van der Waals surface area contributed by atoms with Gasteiger partial charge in [0.05, 0.1) is 43.5 Å². The molecular weight excluding hydrogens is 392 g/mol. The van der Waals surface area contributed by atoms with Gasteiger partial charge < -0.3 is 18.8 Å². The van der Waals surface area contributed by atoms with E-state index in [0.717, 1.165) is 15.8 Å². The van der Waals surface area contributed by atoms with E-state index < -0.39 is 5.91 Å². The molecule has 1 amide bonds. The minimum absolute atomic E-state index is 0.184. The molecule has 0 fully saturated rings. The van der Waals surface area contributed by atoms with Crippen molar-refractivity contribution in [2.24, 2.45) is 4.99 Å². The Morgan fingerprint density at radius 1 is 1.07 bits per heavy atom. The lowest BCUT2D eigenvalue weighted by molar-refractivity contribution is -0.140. The third-order valence-corrected chi connectivity index (χ3v) is 5.48. The number of carbonyl (C=O) groups excluding carboxylic acids is 2. The van der Waals surface area contributed by atoms with Crippen LogP contribution in [0.2, 0.25) is 0 Å². The molecule has 0 saturated heterocycles. The molecule has 2 aromatic carbocycles. The van der Waals surface area contributed by atoms with Gasteiger partial charge in [-0.1, -0.05) is 17.4 Å². The van der Waals surface area contributed by atoms with E-state index in [4.69, 9.17) is 14.2 Å². The van der Waals surface area contributed by atoms with E-state index in [9.17, 15) is 9.59 Å². The van der Waals surface area contributed by atoms with Crippen LogP contribution in [-0.4, -0.2) is 37.8 Å². The number of benzene rings is 2. The zero-order valence-electron chi connectivity index (χ0n) is 16.7. The van der Waals surface area contributed by atoms with E-state index in [1.807, 2.05) is 29.7 Å². The molecule has 1 aromatic heterocycles. The topological polar surface area (TPSA) is 79.1 Å². The molecule has 0 saturated carbocycles. The highest BCUT2D eigenvalue weighted by Gasteiger charge is 2.15. The van der Waals surface area contributed by atoms with Crippen molar-refractivity contribution in [1.82, 2.24) is 4.57 Å². The van der Waals surface area contributed by atoms with Crippen LogP contribution in [0.1, 0.15) is 22.3 Å². The molecule has 152 valence electrons. The molecule has 0 atom stereocenters. The summed E-state index contributed by atoms with van der Waals surface area (Å²) in [6.45, 7) is 2.36. The van der Waals surface area contributed by atoms with Gasteiger partial charge in [0.2, 0.25) is 0 Å². The highest BCUT2D eigenvalue weighted by Crippen LogP contribution is 2.25. The van der Waals surface area contributed by atoms with Gasteiger partial charge in [0, 0.05) is 12.6 Å². The normalized spacial score (nSPS) is 11.5. The van der Waals surface area contributed by atoms with Gasteiger partial charge in [-0.25, -0.2) is 0 Å². The van der Waals surface area contributed by atoms with E-state index in [1.165, 1.54) is 25.6 Å². The smallest absolute Gasteiger partial charge is 0.307 e. The number of rotatable bonds is 6. The molecule has 0 bridgehead atoms. The van der Waals surface area contributed by atoms with Crippen molar-refractivity contribution in [3.05, 3.63) is 52.3 Å². The number of esters is 1. The van der Waals surface area contributed by atoms with Crippen LogP contribution in [0.15, 0.2) is 41.4 Å². The van der Waals surface area contributed by atoms with Gasteiger partial charge in [-0.2, -0.15) is 4.99 Å². The molecule has 1 heterocycles. The van der Waals surface area contributed by atoms with Gasteiger partial charge in [-0.05, 0) is 36.8 Å². The van der Waals surface area contributed by atoms with Gasteiger partial charge >= 0.3 is 5.97 Å². The number of aromatic nitrogens is 1. The SMILES string of the molecule is COC(=O)CCn1c(=NC(=O)c2ccc(OC)cc2OC)sc2cc(C)ccc21. The number of hydrogen-bond donors (Lipinski definition) is 0. The fourth-order valence-electron chi connectivity index (χ4n) is 2.91. The summed E-state index contributed by atoms with van der Waals surface area (Å²) in [4.78, 5) is 29.4. The lowest BCUT2D eigenvalue weighted by Crippen LogP contribution is -2.19. The Kier molecular flexibility index (Phi) is 6.33. The number of hydrogen-bond acceptors (Lipinski definition) is 6. The Morgan fingerprint density at radius 3 is 2.55 bits per heavy atom. The first kappa shape index (κ1) is 20.6. The average Bonchev–Trinajstić information content (AvgIpc) is 3.06. The number of fused-ring (bicyclic) bond motifs is 1. The van der Waals surface area contributed by atoms with Crippen LogP contribution in [0.25, 0.3) is 10.2 Å². The minimum atomic E-state index is -0.431. The summed E-state index contributed by atoms with van der Waals surface area (Å²) in [5.41, 5.74) is 2.35. The Bertz CT molecular complexity index is 1130. The highest BCUT2D eigenvalue weighted by atomic mass is 32.1. The fraction of sp³-hybridized carbons (Fsp3) is 0.286. The molecule has 3 rings (SSSR count). The maximum Gasteiger partial charge on any atom is 0.307 e. The van der Waals surface area contributed by atoms with E-state index >= 15 is 0 Å². The second-order valence-electron chi connectivity index (χ2n) is 6.32. The number of amides is 1. The molecule has 29 heavy (non-hydrogen) atoms. The van der Waals surface area contributed by atoms with Crippen LogP contribution < -0.4 is 14.3 Å². The first-order chi connectivity index (χ1) is 14.0. The van der Waals surface area contributed by atoms with Gasteiger partial charge in [0.25, 0.3) is 5.91 Å². The van der Waals surface area contributed by atoms with Crippen molar-refractivity contribution in [2.75, 3.05) is 21.3 Å². The molecule has 0 radical (unpaired) electrons. The third-order valence-electron chi connectivity index (χ3n) is 4.44. The lowest BCUT2D eigenvalue weighted by atomic mass is 10.2. The van der Waals surface area contributed by atoms with Gasteiger partial charge in [0.15, 0.2) is 4.80 Å². The minimum Gasteiger partial charge on any atom is -0.497 e. The Balaban J connectivity index is 2.09. The number of aryl methyl sites for hydroxylation is 2. The van der Waals surface area contributed by atoms with Crippen LogP contribution in [-0.2, 0) is 16.1 Å². The molecule has 3 aromatic rings. The van der Waals surface area contributed by atoms with Crippen molar-refractivity contribution in [2.45, 2.75) is 19.9 Å². The van der Waals surface area contributed by atoms with Gasteiger partial charge in [-0.3, -0.25) is 9.59 Å². The fourth-order valence-corrected chi connectivity index (χ4v) is 4.06. The van der Waals surface area contributed by atoms with Crippen LogP contribution in [0.3, 0.4) is 0 Å². The van der Waals surface area contributed by atoms with Crippen LogP contribution in [0, 0.1) is 6.92 Å². The summed E-state index contributed by atoms with van der Waals surface area (Å²) in [5, 5.41) is 0. The second kappa shape index (κ2) is 8.91. The number of thiazole rings is 1. The molecule has 7 nitrogen and oxygen atoms in total. The van der Waals surface area contributed by atoms with Crippen LogP contribution >= 0.6 is 11.3 Å². The van der Waals surface area contributed by atoms with Crippen molar-refractivity contribution in [3.8, 4) is 11.5 Å². The summed E-state index contributed by atoms with van der Waals surface area (Å²) < 4.78 is 18.1. The first-order valence-corrected chi connectivity index (χ1v) is 9.76. The average molecular weight is 414 g/mol. The highest BCUT2D eigenvalue weighted by molar-refractivity contribution is 7.16. The van der Waals surface area contributed by atoms with Gasteiger partial charge in [0.1, 0.15) is 11.5 Å². The maximum absolute atomic E-state index is 12.9. The predicted octanol–water partition coefficient (Wildman–Crippen LogP) is 3.33. The zero-order chi connectivity index (χ0) is 21.0. The second-order valence-corrected chi connectivity index (χ2v) is 7.33. The van der Waals surface area contributed by atoms with Crippen molar-refractivity contribution in [1.29, 1.82) is 0 Å². The molecule has 0 aliphatic heterocycles. The zero-order valence-corrected chi connectivity index (χ0v) is 17.5. The van der Waals surface area contributed by atoms with E-state index in [-0.39, 0.29) is 12.4 Å². The Labute approximate surface area is 172 Å². The third kappa shape index (κ3) is 4.48. The van der Waals surface area contributed by atoms with Gasteiger partial charge in [-0.15, -0.1) is 0 Å². The molecule has 0 aliphatic rings. The quantitative estimate of drug-likeness (QED) is 0.578. The molecule has 0 aliphatic carbocycles. The predicted molar refractivity (Wildman–Crippen MR) is 111 cm³/mol.